The molecule has 0 N–H and O–H groups in total. The van der Waals surface area contributed by atoms with Gasteiger partial charge in [0.2, 0.25) is 0 Å². The average molecular weight is 669 g/mol. The summed E-state index contributed by atoms with van der Waals surface area (Å²) in [7, 11) is 0. The summed E-state index contributed by atoms with van der Waals surface area (Å²) in [5.41, 5.74) is 7.56. The number of fused-ring (bicyclic) bond motifs is 10. The molecule has 0 atom stereocenters. The standard InChI is InChI=1S/C48H28S2/c1-2-11-30-26-34(21-20-29(30)10-1)46-38-16-5-3-14-36(38)45(37-15-4-6-17-39(37)46)33-13-9-12-31(27-33)32-22-23-35-40-24-25-43-47(48(40)50-44(35)28-32)41-18-7-8-19-42(41)49-43/h1-28H. The van der Waals surface area contributed by atoms with Crippen LogP contribution < -0.4 is 0 Å². The first-order chi connectivity index (χ1) is 24.8. The van der Waals surface area contributed by atoms with Crippen molar-refractivity contribution in [3.05, 3.63) is 170 Å². The minimum Gasteiger partial charge on any atom is -0.135 e. The van der Waals surface area contributed by atoms with E-state index in [0.29, 0.717) is 0 Å². The largest absolute Gasteiger partial charge is 0.135 e. The number of benzene rings is 9. The van der Waals surface area contributed by atoms with Gasteiger partial charge in [0, 0.05) is 40.3 Å². The molecule has 0 spiro atoms. The Morgan fingerprint density at radius 3 is 1.62 bits per heavy atom. The van der Waals surface area contributed by atoms with Crippen molar-refractivity contribution in [2.75, 3.05) is 0 Å². The minimum absolute atomic E-state index is 1.24. The summed E-state index contributed by atoms with van der Waals surface area (Å²) in [6.07, 6.45) is 0. The van der Waals surface area contributed by atoms with Crippen LogP contribution >= 0.6 is 22.7 Å². The van der Waals surface area contributed by atoms with Crippen molar-refractivity contribution in [3.8, 4) is 33.4 Å². The van der Waals surface area contributed by atoms with Crippen LogP contribution in [0.4, 0.5) is 0 Å². The summed E-state index contributed by atoms with van der Waals surface area (Å²) in [6.45, 7) is 0. The Morgan fingerprint density at radius 2 is 0.860 bits per heavy atom. The van der Waals surface area contributed by atoms with Gasteiger partial charge in [0.05, 0.1) is 0 Å². The molecule has 0 saturated carbocycles. The molecular formula is C48H28S2. The maximum atomic E-state index is 2.40. The molecule has 2 heterocycles. The summed E-state index contributed by atoms with van der Waals surface area (Å²) >= 11 is 3.82. The summed E-state index contributed by atoms with van der Waals surface area (Å²) in [5.74, 6) is 0. The molecule has 2 heteroatoms. The van der Waals surface area contributed by atoms with Crippen LogP contribution in [-0.4, -0.2) is 0 Å². The second-order valence-electron chi connectivity index (χ2n) is 13.2. The van der Waals surface area contributed by atoms with Gasteiger partial charge in [-0.15, -0.1) is 22.7 Å². The Balaban J connectivity index is 1.10. The van der Waals surface area contributed by atoms with E-state index in [-0.39, 0.29) is 0 Å². The topological polar surface area (TPSA) is 0 Å². The lowest BCUT2D eigenvalue weighted by Gasteiger charge is -2.18. The van der Waals surface area contributed by atoms with Gasteiger partial charge in [0.15, 0.2) is 0 Å². The van der Waals surface area contributed by atoms with Gasteiger partial charge in [-0.2, -0.15) is 0 Å². The van der Waals surface area contributed by atoms with Gasteiger partial charge < -0.3 is 0 Å². The normalized spacial score (nSPS) is 12.0. The van der Waals surface area contributed by atoms with E-state index in [9.17, 15) is 0 Å². The van der Waals surface area contributed by atoms with Gasteiger partial charge in [-0.3, -0.25) is 0 Å². The summed E-state index contributed by atoms with van der Waals surface area (Å²) in [6, 6.07) is 63.1. The Hall–Kier alpha value is -5.80. The fourth-order valence-corrected chi connectivity index (χ4v) is 10.7. The van der Waals surface area contributed by atoms with Crippen molar-refractivity contribution in [3.63, 3.8) is 0 Å². The van der Waals surface area contributed by atoms with Crippen molar-refractivity contribution >= 4 is 95.3 Å². The average Bonchev–Trinajstić information content (AvgIpc) is 3.74. The maximum absolute atomic E-state index is 2.40. The van der Waals surface area contributed by atoms with E-state index in [1.807, 2.05) is 22.7 Å². The van der Waals surface area contributed by atoms with Crippen LogP contribution in [0.1, 0.15) is 0 Å². The fraction of sp³-hybridized carbons (Fsp3) is 0. The maximum Gasteiger partial charge on any atom is 0.0448 e. The van der Waals surface area contributed by atoms with Crippen LogP contribution in [0, 0.1) is 0 Å². The smallest absolute Gasteiger partial charge is 0.0448 e. The molecule has 0 bridgehead atoms. The molecule has 0 amide bonds. The van der Waals surface area contributed by atoms with E-state index in [4.69, 9.17) is 0 Å². The number of rotatable bonds is 3. The lowest BCUT2D eigenvalue weighted by molar-refractivity contribution is 1.63. The highest BCUT2D eigenvalue weighted by Gasteiger charge is 2.18. The molecule has 50 heavy (non-hydrogen) atoms. The van der Waals surface area contributed by atoms with Gasteiger partial charge in [-0.05, 0) is 96.0 Å². The Kier molecular flexibility index (Phi) is 6.09. The molecule has 2 aromatic heterocycles. The van der Waals surface area contributed by atoms with E-state index in [0.717, 1.165) is 0 Å². The number of hydrogen-bond donors (Lipinski definition) is 0. The Bertz CT molecular complexity index is 3100. The predicted octanol–water partition coefficient (Wildman–Crippen LogP) is 14.9. The predicted molar refractivity (Wildman–Crippen MR) is 221 cm³/mol. The van der Waals surface area contributed by atoms with Gasteiger partial charge in [-0.1, -0.05) is 140 Å². The molecule has 0 unspecified atom stereocenters. The summed E-state index contributed by atoms with van der Waals surface area (Å²) in [5, 5.41) is 13.1. The molecule has 0 fully saturated rings. The minimum atomic E-state index is 1.24. The van der Waals surface area contributed by atoms with E-state index < -0.39 is 0 Å². The van der Waals surface area contributed by atoms with Crippen molar-refractivity contribution in [2.45, 2.75) is 0 Å². The first kappa shape index (κ1) is 28.1. The Labute approximate surface area is 297 Å². The number of thiophene rings is 2. The second-order valence-corrected chi connectivity index (χ2v) is 15.3. The lowest BCUT2D eigenvalue weighted by atomic mass is 9.85. The van der Waals surface area contributed by atoms with Crippen molar-refractivity contribution in [1.82, 2.24) is 0 Å². The third-order valence-corrected chi connectivity index (χ3v) is 12.8. The quantitative estimate of drug-likeness (QED) is 0.164. The SMILES string of the molecule is c1cc(-c2ccc3c(c2)sc2c3ccc3sc4ccccc4c32)cc(-c2c3ccccc3c(-c3ccc4ccccc4c3)c3ccccc23)c1. The molecule has 0 aliphatic heterocycles. The van der Waals surface area contributed by atoms with Crippen LogP contribution in [0.2, 0.25) is 0 Å². The molecule has 0 aliphatic carbocycles. The molecule has 11 rings (SSSR count). The molecule has 0 saturated heterocycles. The highest BCUT2D eigenvalue weighted by Crippen LogP contribution is 2.47. The third kappa shape index (κ3) is 4.16. The molecule has 0 nitrogen and oxygen atoms in total. The highest BCUT2D eigenvalue weighted by atomic mass is 32.1. The van der Waals surface area contributed by atoms with Gasteiger partial charge >= 0.3 is 0 Å². The van der Waals surface area contributed by atoms with Crippen molar-refractivity contribution in [1.29, 1.82) is 0 Å². The zero-order valence-electron chi connectivity index (χ0n) is 27.0. The van der Waals surface area contributed by atoms with Crippen LogP contribution in [0.5, 0.6) is 0 Å². The first-order valence-corrected chi connectivity index (χ1v) is 18.7. The van der Waals surface area contributed by atoms with Gasteiger partial charge in [0.1, 0.15) is 0 Å². The highest BCUT2D eigenvalue weighted by molar-refractivity contribution is 7.29. The van der Waals surface area contributed by atoms with Crippen LogP contribution in [-0.2, 0) is 0 Å². The summed E-state index contributed by atoms with van der Waals surface area (Å²) in [4.78, 5) is 0. The Morgan fingerprint density at radius 1 is 0.280 bits per heavy atom. The third-order valence-electron chi connectivity index (χ3n) is 10.4. The zero-order chi connectivity index (χ0) is 32.8. The number of hydrogen-bond acceptors (Lipinski definition) is 2. The van der Waals surface area contributed by atoms with Crippen molar-refractivity contribution in [2.24, 2.45) is 0 Å². The lowest BCUT2D eigenvalue weighted by Crippen LogP contribution is -1.91. The van der Waals surface area contributed by atoms with Crippen LogP contribution in [0.3, 0.4) is 0 Å². The molecule has 9 aromatic carbocycles. The molecule has 0 radical (unpaired) electrons. The monoisotopic (exact) mass is 668 g/mol. The van der Waals surface area contributed by atoms with E-state index in [2.05, 4.69) is 170 Å². The van der Waals surface area contributed by atoms with Crippen LogP contribution in [0.25, 0.3) is 106 Å². The van der Waals surface area contributed by atoms with Gasteiger partial charge in [-0.25, -0.2) is 0 Å². The molecule has 232 valence electrons. The fourth-order valence-electron chi connectivity index (χ4n) is 8.17. The van der Waals surface area contributed by atoms with E-state index >= 15 is 0 Å². The zero-order valence-corrected chi connectivity index (χ0v) is 28.6. The summed E-state index contributed by atoms with van der Waals surface area (Å²) < 4.78 is 5.45. The van der Waals surface area contributed by atoms with Crippen molar-refractivity contribution < 1.29 is 0 Å². The van der Waals surface area contributed by atoms with E-state index in [1.54, 1.807) is 0 Å². The van der Waals surface area contributed by atoms with Gasteiger partial charge in [0.25, 0.3) is 0 Å². The second kappa shape index (κ2) is 10.9. The molecule has 0 aliphatic rings. The molecule has 11 aromatic rings. The first-order valence-electron chi connectivity index (χ1n) is 17.1. The molecular weight excluding hydrogens is 641 g/mol. The van der Waals surface area contributed by atoms with E-state index in [1.165, 1.54) is 106 Å². The van der Waals surface area contributed by atoms with Crippen LogP contribution in [0.15, 0.2) is 170 Å².